The molecule has 4 aromatic rings. The summed E-state index contributed by atoms with van der Waals surface area (Å²) >= 11 is 5.06. The van der Waals surface area contributed by atoms with Gasteiger partial charge in [-0.25, -0.2) is 0 Å². The van der Waals surface area contributed by atoms with Crippen molar-refractivity contribution in [3.05, 3.63) is 140 Å². The first-order valence-corrected chi connectivity index (χ1v) is 14.0. The Labute approximate surface area is 236 Å². The molecular formula is C32H27BrN2O2S. The van der Waals surface area contributed by atoms with Gasteiger partial charge in [0.25, 0.3) is 5.91 Å². The molecule has 1 aliphatic rings. The lowest BCUT2D eigenvalue weighted by molar-refractivity contribution is -0.122. The molecule has 0 atom stereocenters. The van der Waals surface area contributed by atoms with Gasteiger partial charge in [-0.2, -0.15) is 0 Å². The molecule has 0 unspecified atom stereocenters. The van der Waals surface area contributed by atoms with E-state index >= 15 is 0 Å². The zero-order valence-corrected chi connectivity index (χ0v) is 23.4. The van der Waals surface area contributed by atoms with Crippen molar-refractivity contribution in [2.45, 2.75) is 26.6 Å². The molecule has 38 heavy (non-hydrogen) atoms. The molecule has 0 spiro atoms. The van der Waals surface area contributed by atoms with E-state index in [1.165, 1.54) is 17.3 Å². The lowest BCUT2D eigenvalue weighted by Gasteiger charge is -2.15. The number of nitrogens with zero attached hydrogens (tertiary/aromatic N) is 2. The average molecular weight is 584 g/mol. The molecule has 5 rings (SSSR count). The minimum absolute atomic E-state index is 0.0403. The highest BCUT2D eigenvalue weighted by atomic mass is 79.9. The fourth-order valence-corrected chi connectivity index (χ4v) is 5.48. The van der Waals surface area contributed by atoms with Crippen LogP contribution in [0.4, 0.5) is 0 Å². The summed E-state index contributed by atoms with van der Waals surface area (Å²) in [5.41, 5.74) is 5.42. The van der Waals surface area contributed by atoms with E-state index in [0.717, 1.165) is 32.5 Å². The Kier molecular flexibility index (Phi) is 8.41. The highest BCUT2D eigenvalue weighted by Crippen LogP contribution is 2.35. The SMILES string of the molecule is Cc1ccc(COc2ccc(/C=C3/SC(=NCc4ccccc4)N(Cc4ccccc4)C3=O)cc2Br)cc1. The van der Waals surface area contributed by atoms with Gasteiger partial charge < -0.3 is 4.74 Å². The maximum absolute atomic E-state index is 13.5. The fraction of sp³-hybridized carbons (Fsp3) is 0.125. The van der Waals surface area contributed by atoms with Gasteiger partial charge in [-0.05, 0) is 75.1 Å². The summed E-state index contributed by atoms with van der Waals surface area (Å²) in [6.07, 6.45) is 1.92. The number of benzene rings is 4. The van der Waals surface area contributed by atoms with Crippen LogP contribution in [0.5, 0.6) is 5.75 Å². The van der Waals surface area contributed by atoms with Crippen LogP contribution in [0.25, 0.3) is 6.08 Å². The predicted molar refractivity (Wildman–Crippen MR) is 160 cm³/mol. The molecule has 4 aromatic carbocycles. The highest BCUT2D eigenvalue weighted by Gasteiger charge is 2.33. The number of halogens is 1. The lowest BCUT2D eigenvalue weighted by atomic mass is 10.1. The third-order valence-corrected chi connectivity index (χ3v) is 7.74. The van der Waals surface area contributed by atoms with Crippen molar-refractivity contribution < 1.29 is 9.53 Å². The summed E-state index contributed by atoms with van der Waals surface area (Å²) in [4.78, 5) is 20.7. The van der Waals surface area contributed by atoms with Gasteiger partial charge in [0.2, 0.25) is 0 Å². The smallest absolute Gasteiger partial charge is 0.267 e. The molecule has 1 amide bonds. The quantitative estimate of drug-likeness (QED) is 0.197. The summed E-state index contributed by atoms with van der Waals surface area (Å²) in [6.45, 7) is 3.56. The number of hydrogen-bond donors (Lipinski definition) is 0. The van der Waals surface area contributed by atoms with Crippen molar-refractivity contribution in [1.29, 1.82) is 0 Å². The Bertz CT molecular complexity index is 1470. The molecule has 0 aliphatic carbocycles. The van der Waals surface area contributed by atoms with Crippen molar-refractivity contribution in [1.82, 2.24) is 4.90 Å². The first-order valence-electron chi connectivity index (χ1n) is 12.4. The van der Waals surface area contributed by atoms with Crippen LogP contribution in [0.2, 0.25) is 0 Å². The summed E-state index contributed by atoms with van der Waals surface area (Å²) in [5.74, 6) is 0.718. The number of rotatable bonds is 8. The number of hydrogen-bond acceptors (Lipinski definition) is 4. The van der Waals surface area contributed by atoms with Gasteiger partial charge in [-0.15, -0.1) is 0 Å². The molecule has 1 saturated heterocycles. The van der Waals surface area contributed by atoms with Crippen LogP contribution in [0.1, 0.15) is 27.8 Å². The summed E-state index contributed by atoms with van der Waals surface area (Å²) in [7, 11) is 0. The van der Waals surface area contributed by atoms with Gasteiger partial charge in [-0.3, -0.25) is 14.7 Å². The standard InChI is InChI=1S/C32H27BrN2O2S/c1-23-12-14-26(15-13-23)22-37-29-17-16-27(18-28(29)33)19-30-31(36)35(21-25-10-6-3-7-11-25)32(38-30)34-20-24-8-4-2-5-9-24/h2-19H,20-22H2,1H3/b30-19+,34-32?. The summed E-state index contributed by atoms with van der Waals surface area (Å²) in [5, 5.41) is 0.714. The molecule has 0 radical (unpaired) electrons. The van der Waals surface area contributed by atoms with Crippen molar-refractivity contribution in [2.24, 2.45) is 4.99 Å². The molecule has 0 saturated carbocycles. The van der Waals surface area contributed by atoms with Crippen molar-refractivity contribution >= 4 is 44.8 Å². The molecule has 4 nitrogen and oxygen atoms in total. The van der Waals surface area contributed by atoms with Crippen LogP contribution in [-0.2, 0) is 24.5 Å². The number of carbonyl (C=O) groups is 1. The Hall–Kier alpha value is -3.61. The third kappa shape index (κ3) is 6.63. The number of aryl methyl sites for hydroxylation is 1. The van der Waals surface area contributed by atoms with Gasteiger partial charge in [-0.1, -0.05) is 96.6 Å². The number of thioether (sulfide) groups is 1. The molecule has 0 N–H and O–H groups in total. The maximum Gasteiger partial charge on any atom is 0.267 e. The van der Waals surface area contributed by atoms with Gasteiger partial charge in [0.15, 0.2) is 5.17 Å². The predicted octanol–water partition coefficient (Wildman–Crippen LogP) is 8.01. The van der Waals surface area contributed by atoms with Crippen LogP contribution in [0, 0.1) is 6.92 Å². The van der Waals surface area contributed by atoms with Crippen molar-refractivity contribution in [3.8, 4) is 5.75 Å². The van der Waals surface area contributed by atoms with E-state index < -0.39 is 0 Å². The van der Waals surface area contributed by atoms with Crippen LogP contribution in [0.3, 0.4) is 0 Å². The molecule has 1 fully saturated rings. The average Bonchev–Trinajstić information content (AvgIpc) is 3.22. The number of ether oxygens (including phenoxy) is 1. The fourth-order valence-electron chi connectivity index (χ4n) is 3.99. The molecule has 190 valence electrons. The van der Waals surface area contributed by atoms with E-state index in [2.05, 4.69) is 47.1 Å². The second-order valence-electron chi connectivity index (χ2n) is 9.04. The summed E-state index contributed by atoms with van der Waals surface area (Å²) < 4.78 is 6.86. The van der Waals surface area contributed by atoms with E-state index in [4.69, 9.17) is 9.73 Å². The minimum Gasteiger partial charge on any atom is -0.488 e. The zero-order chi connectivity index (χ0) is 26.3. The topological polar surface area (TPSA) is 41.9 Å². The highest BCUT2D eigenvalue weighted by molar-refractivity contribution is 9.10. The molecule has 0 aromatic heterocycles. The van der Waals surface area contributed by atoms with Crippen molar-refractivity contribution in [2.75, 3.05) is 0 Å². The molecular weight excluding hydrogens is 556 g/mol. The minimum atomic E-state index is -0.0403. The number of amidine groups is 1. The number of aliphatic imine (C=N–C) groups is 1. The lowest BCUT2D eigenvalue weighted by Crippen LogP contribution is -2.28. The Balaban J connectivity index is 1.34. The van der Waals surface area contributed by atoms with Gasteiger partial charge in [0.1, 0.15) is 12.4 Å². The molecule has 0 bridgehead atoms. The monoisotopic (exact) mass is 582 g/mol. The Morgan fingerprint density at radius 1 is 0.868 bits per heavy atom. The Morgan fingerprint density at radius 3 is 2.24 bits per heavy atom. The molecule has 6 heteroatoms. The third-order valence-electron chi connectivity index (χ3n) is 6.08. The van der Waals surface area contributed by atoms with E-state index in [1.54, 1.807) is 4.90 Å². The van der Waals surface area contributed by atoms with E-state index in [9.17, 15) is 4.79 Å². The van der Waals surface area contributed by atoms with Crippen LogP contribution in [-0.4, -0.2) is 16.0 Å². The van der Waals surface area contributed by atoms with Gasteiger partial charge in [0.05, 0.1) is 22.5 Å². The normalized spacial score (nSPS) is 15.4. The Morgan fingerprint density at radius 2 is 1.55 bits per heavy atom. The molecule has 1 aliphatic heterocycles. The van der Waals surface area contributed by atoms with E-state index in [1.807, 2.05) is 84.9 Å². The first-order chi connectivity index (χ1) is 18.5. The van der Waals surface area contributed by atoms with Crippen LogP contribution in [0.15, 0.2) is 117 Å². The van der Waals surface area contributed by atoms with E-state index in [0.29, 0.717) is 29.8 Å². The number of carbonyl (C=O) groups excluding carboxylic acids is 1. The second-order valence-corrected chi connectivity index (χ2v) is 10.9. The molecule has 1 heterocycles. The second kappa shape index (κ2) is 12.3. The maximum atomic E-state index is 13.5. The zero-order valence-electron chi connectivity index (χ0n) is 21.0. The largest absolute Gasteiger partial charge is 0.488 e. The van der Waals surface area contributed by atoms with Gasteiger partial charge in [0, 0.05) is 0 Å². The van der Waals surface area contributed by atoms with Gasteiger partial charge >= 0.3 is 0 Å². The van der Waals surface area contributed by atoms with E-state index in [-0.39, 0.29) is 5.91 Å². The summed E-state index contributed by atoms with van der Waals surface area (Å²) in [6, 6.07) is 34.3. The first kappa shape index (κ1) is 26.0. The van der Waals surface area contributed by atoms with Crippen LogP contribution >= 0.6 is 27.7 Å². The number of amides is 1. The van der Waals surface area contributed by atoms with Crippen molar-refractivity contribution in [3.63, 3.8) is 0 Å². The van der Waals surface area contributed by atoms with Crippen LogP contribution < -0.4 is 4.74 Å².